The van der Waals surface area contributed by atoms with Gasteiger partial charge >= 0.3 is 0 Å². The quantitative estimate of drug-likeness (QED) is 0.722. The largest absolute Gasteiger partial charge is 0.488 e. The van der Waals surface area contributed by atoms with Crippen molar-refractivity contribution < 1.29 is 13.6 Å². The van der Waals surface area contributed by atoms with Crippen LogP contribution in [0.2, 0.25) is 0 Å². The number of aromatic nitrogens is 2. The molecule has 3 heterocycles. The minimum atomic E-state index is 0.157. The van der Waals surface area contributed by atoms with Crippen LogP contribution >= 0.6 is 0 Å². The van der Waals surface area contributed by atoms with Crippen LogP contribution in [0.25, 0.3) is 11.7 Å². The Morgan fingerprint density at radius 2 is 2.09 bits per heavy atom. The zero-order chi connectivity index (χ0) is 15.6. The number of likely N-dealkylation sites (N-methyl/N-ethyl adjacent to an activating group) is 1. The number of hydrogen-bond donors (Lipinski definition) is 0. The highest BCUT2D eigenvalue weighted by Crippen LogP contribution is 2.28. The molecule has 0 saturated carbocycles. The second-order valence-electron chi connectivity index (χ2n) is 5.73. The SMILES string of the molecule is CN(Cc1nnc(-c2ccco2)o1)C[C@H]1Cc2ccccc2O1. The Morgan fingerprint density at radius 3 is 2.91 bits per heavy atom. The van der Waals surface area contributed by atoms with Gasteiger partial charge in [0.1, 0.15) is 11.9 Å². The van der Waals surface area contributed by atoms with Crippen molar-refractivity contribution in [3.8, 4) is 17.4 Å². The standard InChI is InChI=1S/C17H17N3O3/c1-20(10-13-9-12-5-2-3-6-14(12)22-13)11-16-18-19-17(23-16)15-7-4-8-21-15/h2-8,13H,9-11H2,1H3/t13-/m1/s1. The first-order valence-corrected chi connectivity index (χ1v) is 7.57. The number of nitrogens with zero attached hydrogens (tertiary/aromatic N) is 3. The van der Waals surface area contributed by atoms with Crippen LogP contribution in [0, 0.1) is 0 Å². The van der Waals surface area contributed by atoms with E-state index in [0.29, 0.717) is 24.1 Å². The van der Waals surface area contributed by atoms with Gasteiger partial charge in [-0.25, -0.2) is 0 Å². The van der Waals surface area contributed by atoms with Crippen molar-refractivity contribution in [3.63, 3.8) is 0 Å². The summed E-state index contributed by atoms with van der Waals surface area (Å²) in [5, 5.41) is 8.07. The molecule has 0 N–H and O–H groups in total. The lowest BCUT2D eigenvalue weighted by atomic mass is 10.1. The van der Waals surface area contributed by atoms with Gasteiger partial charge in [0.2, 0.25) is 5.89 Å². The summed E-state index contributed by atoms with van der Waals surface area (Å²) < 4.78 is 16.8. The van der Waals surface area contributed by atoms with E-state index >= 15 is 0 Å². The van der Waals surface area contributed by atoms with E-state index in [4.69, 9.17) is 13.6 Å². The van der Waals surface area contributed by atoms with E-state index in [0.717, 1.165) is 18.7 Å². The summed E-state index contributed by atoms with van der Waals surface area (Å²) in [6.45, 7) is 1.37. The van der Waals surface area contributed by atoms with Crippen molar-refractivity contribution in [3.05, 3.63) is 54.1 Å². The van der Waals surface area contributed by atoms with Crippen LogP contribution in [-0.4, -0.2) is 34.8 Å². The van der Waals surface area contributed by atoms with Gasteiger partial charge in [-0.2, -0.15) is 0 Å². The van der Waals surface area contributed by atoms with Gasteiger partial charge in [-0.3, -0.25) is 4.90 Å². The summed E-state index contributed by atoms with van der Waals surface area (Å²) in [6, 6.07) is 11.8. The molecule has 2 aromatic heterocycles. The second-order valence-corrected chi connectivity index (χ2v) is 5.73. The average molecular weight is 311 g/mol. The highest BCUT2D eigenvalue weighted by molar-refractivity contribution is 5.42. The number of rotatable bonds is 5. The van der Waals surface area contributed by atoms with Gasteiger partial charge in [0, 0.05) is 13.0 Å². The van der Waals surface area contributed by atoms with Gasteiger partial charge in [-0.15, -0.1) is 10.2 Å². The zero-order valence-electron chi connectivity index (χ0n) is 12.8. The summed E-state index contributed by atoms with van der Waals surface area (Å²) in [6.07, 6.45) is 2.67. The molecule has 0 saturated heterocycles. The van der Waals surface area contributed by atoms with Gasteiger partial charge in [0.15, 0.2) is 5.76 Å². The molecule has 6 nitrogen and oxygen atoms in total. The third-order valence-electron chi connectivity index (χ3n) is 3.83. The fourth-order valence-electron chi connectivity index (χ4n) is 2.82. The van der Waals surface area contributed by atoms with Crippen LogP contribution in [0.15, 0.2) is 51.5 Å². The van der Waals surface area contributed by atoms with E-state index in [1.54, 1.807) is 18.4 Å². The van der Waals surface area contributed by atoms with Crippen LogP contribution in [0.3, 0.4) is 0 Å². The average Bonchev–Trinajstić information content (AvgIpc) is 3.26. The fourth-order valence-corrected chi connectivity index (χ4v) is 2.82. The number of para-hydroxylation sites is 1. The normalized spacial score (nSPS) is 16.5. The molecular weight excluding hydrogens is 294 g/mol. The zero-order valence-corrected chi connectivity index (χ0v) is 12.8. The van der Waals surface area contributed by atoms with Crippen LogP contribution < -0.4 is 4.74 Å². The van der Waals surface area contributed by atoms with E-state index in [9.17, 15) is 0 Å². The summed E-state index contributed by atoms with van der Waals surface area (Å²) in [7, 11) is 2.02. The van der Waals surface area contributed by atoms with Crippen LogP contribution in [0.1, 0.15) is 11.5 Å². The van der Waals surface area contributed by atoms with Crippen molar-refractivity contribution in [2.75, 3.05) is 13.6 Å². The summed E-state index contributed by atoms with van der Waals surface area (Å²) >= 11 is 0. The smallest absolute Gasteiger partial charge is 0.283 e. The van der Waals surface area contributed by atoms with Gasteiger partial charge in [0.05, 0.1) is 12.8 Å². The molecule has 0 aliphatic carbocycles. The molecule has 1 aromatic carbocycles. The summed E-state index contributed by atoms with van der Waals surface area (Å²) in [5.74, 6) is 2.54. The van der Waals surface area contributed by atoms with Crippen molar-refractivity contribution in [1.82, 2.24) is 15.1 Å². The van der Waals surface area contributed by atoms with E-state index < -0.39 is 0 Å². The van der Waals surface area contributed by atoms with E-state index in [1.807, 2.05) is 25.2 Å². The Morgan fingerprint density at radius 1 is 1.17 bits per heavy atom. The van der Waals surface area contributed by atoms with Gasteiger partial charge in [-0.1, -0.05) is 18.2 Å². The third kappa shape index (κ3) is 2.98. The molecule has 0 bridgehead atoms. The molecule has 6 heteroatoms. The minimum absolute atomic E-state index is 0.157. The predicted molar refractivity (Wildman–Crippen MR) is 82.9 cm³/mol. The molecule has 23 heavy (non-hydrogen) atoms. The number of fused-ring (bicyclic) bond motifs is 1. The van der Waals surface area contributed by atoms with Crippen molar-refractivity contribution in [1.29, 1.82) is 0 Å². The van der Waals surface area contributed by atoms with Crippen LogP contribution in [-0.2, 0) is 13.0 Å². The molecule has 0 fully saturated rings. The highest BCUT2D eigenvalue weighted by atomic mass is 16.5. The Balaban J connectivity index is 1.35. The van der Waals surface area contributed by atoms with Gasteiger partial charge < -0.3 is 13.6 Å². The van der Waals surface area contributed by atoms with Crippen LogP contribution in [0.5, 0.6) is 5.75 Å². The molecule has 1 atom stereocenters. The third-order valence-corrected chi connectivity index (χ3v) is 3.83. The molecule has 0 unspecified atom stereocenters. The fraction of sp³-hybridized carbons (Fsp3) is 0.294. The predicted octanol–water partition coefficient (Wildman–Crippen LogP) is 2.77. The molecule has 1 aliphatic heterocycles. The molecule has 0 radical (unpaired) electrons. The Kier molecular flexibility index (Phi) is 3.59. The van der Waals surface area contributed by atoms with E-state index in [2.05, 4.69) is 21.2 Å². The number of benzene rings is 1. The number of furan rings is 1. The summed E-state index contributed by atoms with van der Waals surface area (Å²) in [5.41, 5.74) is 1.27. The van der Waals surface area contributed by atoms with Gasteiger partial charge in [-0.05, 0) is 30.8 Å². The Hall–Kier alpha value is -2.60. The molecule has 0 spiro atoms. The summed E-state index contributed by atoms with van der Waals surface area (Å²) in [4.78, 5) is 2.12. The molecule has 0 amide bonds. The minimum Gasteiger partial charge on any atom is -0.488 e. The van der Waals surface area contributed by atoms with Gasteiger partial charge in [0.25, 0.3) is 5.89 Å². The van der Waals surface area contributed by atoms with Crippen molar-refractivity contribution in [2.45, 2.75) is 19.1 Å². The molecule has 1 aliphatic rings. The number of hydrogen-bond acceptors (Lipinski definition) is 6. The first-order chi connectivity index (χ1) is 11.3. The maximum atomic E-state index is 5.96. The van der Waals surface area contributed by atoms with Crippen LogP contribution in [0.4, 0.5) is 0 Å². The van der Waals surface area contributed by atoms with E-state index in [1.165, 1.54) is 5.56 Å². The monoisotopic (exact) mass is 311 g/mol. The first kappa shape index (κ1) is 14.0. The lowest BCUT2D eigenvalue weighted by Crippen LogP contribution is -2.31. The maximum Gasteiger partial charge on any atom is 0.283 e. The molecule has 4 rings (SSSR count). The number of ether oxygens (including phenoxy) is 1. The Labute approximate surface area is 133 Å². The first-order valence-electron chi connectivity index (χ1n) is 7.57. The molecular formula is C17H17N3O3. The maximum absolute atomic E-state index is 5.96. The molecule has 118 valence electrons. The lowest BCUT2D eigenvalue weighted by molar-refractivity contribution is 0.158. The van der Waals surface area contributed by atoms with Crippen molar-refractivity contribution >= 4 is 0 Å². The molecule has 3 aromatic rings. The lowest BCUT2D eigenvalue weighted by Gasteiger charge is -2.18. The Bertz CT molecular complexity index is 757. The van der Waals surface area contributed by atoms with Crippen molar-refractivity contribution in [2.24, 2.45) is 0 Å². The van der Waals surface area contributed by atoms with E-state index in [-0.39, 0.29) is 6.10 Å². The second kappa shape index (κ2) is 5.89. The topological polar surface area (TPSA) is 64.5 Å². The highest BCUT2D eigenvalue weighted by Gasteiger charge is 2.24.